The molecule has 1 atom stereocenters. The van der Waals surface area contributed by atoms with Crippen LogP contribution in [-0.4, -0.2) is 5.11 Å². The summed E-state index contributed by atoms with van der Waals surface area (Å²) in [6.07, 6.45) is -0.958. The summed E-state index contributed by atoms with van der Waals surface area (Å²) < 4.78 is 12.5. The van der Waals surface area contributed by atoms with Gasteiger partial charge in [0, 0.05) is 0 Å². The zero-order valence-electron chi connectivity index (χ0n) is 5.71. The van der Waals surface area contributed by atoms with Crippen LogP contribution in [0.25, 0.3) is 0 Å². The topological polar surface area (TPSA) is 20.2 Å². The summed E-state index contributed by atoms with van der Waals surface area (Å²) in [7, 11) is 0. The number of halogens is 1. The first-order chi connectivity index (χ1) is 4.70. The number of phenolic OH excluding ortho intramolecular Hbond substituents is 1. The van der Waals surface area contributed by atoms with E-state index in [0.29, 0.717) is 5.56 Å². The van der Waals surface area contributed by atoms with Gasteiger partial charge in [-0.15, -0.1) is 0 Å². The Kier molecular flexibility index (Phi) is 1.90. The quantitative estimate of drug-likeness (QED) is 0.635. The molecule has 54 valence electrons. The maximum absolute atomic E-state index is 12.5. The molecule has 0 unspecified atom stereocenters. The molecule has 0 aliphatic carbocycles. The van der Waals surface area contributed by atoms with Gasteiger partial charge >= 0.3 is 0 Å². The zero-order chi connectivity index (χ0) is 7.56. The second kappa shape index (κ2) is 2.69. The van der Waals surface area contributed by atoms with E-state index in [1.165, 1.54) is 19.1 Å². The Labute approximate surface area is 59.1 Å². The molecule has 0 bridgehead atoms. The summed E-state index contributed by atoms with van der Waals surface area (Å²) in [6.45, 7) is 1.46. The summed E-state index contributed by atoms with van der Waals surface area (Å²) >= 11 is 0. The SMILES string of the molecule is C[C@@H](F)c1ccc(O)cc1. The van der Waals surface area contributed by atoms with Crippen LogP contribution in [0.3, 0.4) is 0 Å². The van der Waals surface area contributed by atoms with E-state index in [1.54, 1.807) is 12.1 Å². The van der Waals surface area contributed by atoms with Gasteiger partial charge in [0.15, 0.2) is 0 Å². The van der Waals surface area contributed by atoms with Gasteiger partial charge in [-0.1, -0.05) is 12.1 Å². The van der Waals surface area contributed by atoms with Gasteiger partial charge in [0.05, 0.1) is 0 Å². The molecule has 0 heterocycles. The van der Waals surface area contributed by atoms with E-state index in [4.69, 9.17) is 5.11 Å². The van der Waals surface area contributed by atoms with Gasteiger partial charge in [0.25, 0.3) is 0 Å². The Morgan fingerprint density at radius 1 is 1.30 bits per heavy atom. The van der Waals surface area contributed by atoms with Crippen LogP contribution in [0.2, 0.25) is 0 Å². The monoisotopic (exact) mass is 140 g/mol. The largest absolute Gasteiger partial charge is 0.508 e. The summed E-state index contributed by atoms with van der Waals surface area (Å²) in [5.74, 6) is 0.171. The van der Waals surface area contributed by atoms with Crippen LogP contribution in [0.5, 0.6) is 5.75 Å². The summed E-state index contributed by atoms with van der Waals surface area (Å²) in [4.78, 5) is 0. The molecule has 0 fully saturated rings. The fourth-order valence-electron chi connectivity index (χ4n) is 0.740. The highest BCUT2D eigenvalue weighted by molar-refractivity contribution is 5.26. The van der Waals surface area contributed by atoms with Crippen LogP contribution >= 0.6 is 0 Å². The van der Waals surface area contributed by atoms with E-state index in [2.05, 4.69) is 0 Å². The molecule has 10 heavy (non-hydrogen) atoms. The summed E-state index contributed by atoms with van der Waals surface area (Å²) in [5, 5.41) is 8.82. The van der Waals surface area contributed by atoms with Gasteiger partial charge in [-0.25, -0.2) is 4.39 Å². The van der Waals surface area contributed by atoms with Crippen molar-refractivity contribution in [1.29, 1.82) is 0 Å². The Hall–Kier alpha value is -1.05. The van der Waals surface area contributed by atoms with Crippen molar-refractivity contribution in [3.8, 4) is 5.75 Å². The third-order valence-corrected chi connectivity index (χ3v) is 1.35. The molecule has 2 heteroatoms. The van der Waals surface area contributed by atoms with Crippen molar-refractivity contribution in [2.45, 2.75) is 13.1 Å². The first-order valence-electron chi connectivity index (χ1n) is 3.13. The van der Waals surface area contributed by atoms with Crippen molar-refractivity contribution in [1.82, 2.24) is 0 Å². The molecule has 1 aromatic carbocycles. The molecule has 0 saturated carbocycles. The van der Waals surface area contributed by atoms with Crippen molar-refractivity contribution in [3.05, 3.63) is 29.8 Å². The lowest BCUT2D eigenvalue weighted by Gasteiger charge is -1.99. The lowest BCUT2D eigenvalue weighted by molar-refractivity contribution is 0.373. The number of rotatable bonds is 1. The smallest absolute Gasteiger partial charge is 0.122 e. The van der Waals surface area contributed by atoms with Crippen LogP contribution in [0.4, 0.5) is 4.39 Å². The number of benzene rings is 1. The molecule has 0 saturated heterocycles. The fraction of sp³-hybridized carbons (Fsp3) is 0.250. The predicted molar refractivity (Wildman–Crippen MR) is 37.6 cm³/mol. The third-order valence-electron chi connectivity index (χ3n) is 1.35. The predicted octanol–water partition coefficient (Wildman–Crippen LogP) is 2.42. The highest BCUT2D eigenvalue weighted by Gasteiger charge is 2.00. The summed E-state index contributed by atoms with van der Waals surface area (Å²) in [5.41, 5.74) is 0.595. The van der Waals surface area contributed by atoms with Gasteiger partial charge in [-0.2, -0.15) is 0 Å². The van der Waals surface area contributed by atoms with E-state index < -0.39 is 6.17 Å². The van der Waals surface area contributed by atoms with Crippen molar-refractivity contribution in [3.63, 3.8) is 0 Å². The zero-order valence-corrected chi connectivity index (χ0v) is 5.71. The van der Waals surface area contributed by atoms with E-state index in [1.807, 2.05) is 0 Å². The minimum Gasteiger partial charge on any atom is -0.508 e. The molecular formula is C8H9FO. The molecule has 1 rings (SSSR count). The standard InChI is InChI=1S/C8H9FO/c1-6(9)7-2-4-8(10)5-3-7/h2-6,10H,1H3/t6-/m1/s1. The second-order valence-electron chi connectivity index (χ2n) is 2.21. The van der Waals surface area contributed by atoms with Crippen molar-refractivity contribution in [2.75, 3.05) is 0 Å². The van der Waals surface area contributed by atoms with Crippen molar-refractivity contribution in [2.24, 2.45) is 0 Å². The molecule has 0 amide bonds. The molecule has 0 aromatic heterocycles. The molecule has 0 radical (unpaired) electrons. The Bertz CT molecular complexity index is 203. The van der Waals surface area contributed by atoms with E-state index in [0.717, 1.165) is 0 Å². The molecule has 1 nitrogen and oxygen atoms in total. The lowest BCUT2D eigenvalue weighted by atomic mass is 10.1. The normalized spacial score (nSPS) is 13.0. The lowest BCUT2D eigenvalue weighted by Crippen LogP contribution is -1.82. The first-order valence-corrected chi connectivity index (χ1v) is 3.13. The molecule has 0 aliphatic heterocycles. The maximum Gasteiger partial charge on any atom is 0.122 e. The Morgan fingerprint density at radius 3 is 2.20 bits per heavy atom. The van der Waals surface area contributed by atoms with Crippen LogP contribution < -0.4 is 0 Å². The fourth-order valence-corrected chi connectivity index (χ4v) is 0.740. The molecule has 0 spiro atoms. The average molecular weight is 140 g/mol. The van der Waals surface area contributed by atoms with Gasteiger partial charge in [-0.3, -0.25) is 0 Å². The number of alkyl halides is 1. The average Bonchev–Trinajstić information content (AvgIpc) is 1.88. The third kappa shape index (κ3) is 1.47. The first kappa shape index (κ1) is 7.06. The van der Waals surface area contributed by atoms with Crippen LogP contribution in [0, 0.1) is 0 Å². The van der Waals surface area contributed by atoms with Gasteiger partial charge in [0.2, 0.25) is 0 Å². The van der Waals surface area contributed by atoms with Crippen molar-refractivity contribution >= 4 is 0 Å². The van der Waals surface area contributed by atoms with Crippen LogP contribution in [0.15, 0.2) is 24.3 Å². The van der Waals surface area contributed by atoms with E-state index in [-0.39, 0.29) is 5.75 Å². The minimum absolute atomic E-state index is 0.171. The number of hydrogen-bond donors (Lipinski definition) is 1. The van der Waals surface area contributed by atoms with Crippen LogP contribution in [0.1, 0.15) is 18.7 Å². The van der Waals surface area contributed by atoms with E-state index >= 15 is 0 Å². The highest BCUT2D eigenvalue weighted by atomic mass is 19.1. The highest BCUT2D eigenvalue weighted by Crippen LogP contribution is 2.18. The molecule has 1 N–H and O–H groups in total. The van der Waals surface area contributed by atoms with Crippen LogP contribution in [-0.2, 0) is 0 Å². The number of aromatic hydroxyl groups is 1. The minimum atomic E-state index is -0.958. The summed E-state index contributed by atoms with van der Waals surface area (Å²) in [6, 6.07) is 6.09. The van der Waals surface area contributed by atoms with Crippen molar-refractivity contribution < 1.29 is 9.50 Å². The molecular weight excluding hydrogens is 131 g/mol. The van der Waals surface area contributed by atoms with Gasteiger partial charge < -0.3 is 5.11 Å². The number of phenols is 1. The van der Waals surface area contributed by atoms with E-state index in [9.17, 15) is 4.39 Å². The van der Waals surface area contributed by atoms with Gasteiger partial charge in [0.1, 0.15) is 11.9 Å². The molecule has 1 aromatic rings. The second-order valence-corrected chi connectivity index (χ2v) is 2.21. The number of hydrogen-bond acceptors (Lipinski definition) is 1. The Morgan fingerprint density at radius 2 is 1.80 bits per heavy atom. The molecule has 0 aliphatic rings. The maximum atomic E-state index is 12.5. The Balaban J connectivity index is 2.89. The van der Waals surface area contributed by atoms with Gasteiger partial charge in [-0.05, 0) is 24.6 Å².